The second-order valence-electron chi connectivity index (χ2n) is 2.60. The number of benzene rings is 1. The van der Waals surface area contributed by atoms with E-state index in [1.165, 1.54) is 6.07 Å². The van der Waals surface area contributed by atoms with Crippen LogP contribution in [-0.4, -0.2) is 6.54 Å². The van der Waals surface area contributed by atoms with Crippen LogP contribution in [0.5, 0.6) is 0 Å². The van der Waals surface area contributed by atoms with Crippen molar-refractivity contribution in [3.63, 3.8) is 0 Å². The number of hydrogen-bond donors (Lipinski definition) is 1. The number of halogens is 2. The lowest BCUT2D eigenvalue weighted by molar-refractivity contribution is 0.631. The topological polar surface area (TPSA) is 12.0 Å². The van der Waals surface area contributed by atoms with Crippen LogP contribution in [0.4, 0.5) is 10.1 Å². The number of rotatable bonds is 0. The Morgan fingerprint density at radius 2 is 2.27 bits per heavy atom. The first-order chi connectivity index (χ1) is 5.27. The Balaban J connectivity index is 2.60. The van der Waals surface area contributed by atoms with E-state index in [1.54, 1.807) is 6.07 Å². The Morgan fingerprint density at radius 3 is 3.09 bits per heavy atom. The van der Waals surface area contributed by atoms with E-state index in [4.69, 9.17) is 11.6 Å². The molecule has 1 nitrogen and oxygen atoms in total. The Morgan fingerprint density at radius 1 is 1.45 bits per heavy atom. The van der Waals surface area contributed by atoms with Gasteiger partial charge < -0.3 is 5.32 Å². The third kappa shape index (κ3) is 1.07. The van der Waals surface area contributed by atoms with Crippen molar-refractivity contribution in [2.24, 2.45) is 0 Å². The van der Waals surface area contributed by atoms with Crippen molar-refractivity contribution in [2.75, 3.05) is 11.9 Å². The van der Waals surface area contributed by atoms with Crippen LogP contribution in [0.25, 0.3) is 0 Å². The Labute approximate surface area is 69.2 Å². The van der Waals surface area contributed by atoms with Crippen molar-refractivity contribution in [1.29, 1.82) is 0 Å². The molecule has 0 aromatic heterocycles. The molecule has 0 saturated heterocycles. The number of fused-ring (bicyclic) bond motifs is 1. The minimum Gasteiger partial charge on any atom is -0.382 e. The monoisotopic (exact) mass is 171 g/mol. The average molecular weight is 172 g/mol. The van der Waals surface area contributed by atoms with Crippen molar-refractivity contribution in [1.82, 2.24) is 0 Å². The molecule has 0 fully saturated rings. The van der Waals surface area contributed by atoms with Crippen molar-refractivity contribution in [2.45, 2.75) is 6.42 Å². The molecular weight excluding hydrogens is 165 g/mol. The zero-order valence-electron chi connectivity index (χ0n) is 5.82. The zero-order valence-corrected chi connectivity index (χ0v) is 6.58. The van der Waals surface area contributed by atoms with Gasteiger partial charge in [-0.05, 0) is 24.1 Å². The first-order valence-corrected chi connectivity index (χ1v) is 3.87. The summed E-state index contributed by atoms with van der Waals surface area (Å²) < 4.78 is 13.0. The van der Waals surface area contributed by atoms with E-state index in [1.807, 2.05) is 0 Å². The van der Waals surface area contributed by atoms with E-state index < -0.39 is 0 Å². The number of anilines is 1. The summed E-state index contributed by atoms with van der Waals surface area (Å²) in [6.45, 7) is 0.812. The smallest absolute Gasteiger partial charge is 0.148 e. The molecule has 3 heteroatoms. The van der Waals surface area contributed by atoms with Gasteiger partial charge >= 0.3 is 0 Å². The summed E-state index contributed by atoms with van der Waals surface area (Å²) in [5, 5.41) is 3.44. The summed E-state index contributed by atoms with van der Waals surface area (Å²) in [4.78, 5) is 0. The van der Waals surface area contributed by atoms with Gasteiger partial charge in [0.05, 0.1) is 5.69 Å². The second-order valence-corrected chi connectivity index (χ2v) is 3.03. The summed E-state index contributed by atoms with van der Waals surface area (Å²) in [7, 11) is 0. The summed E-state index contributed by atoms with van der Waals surface area (Å²) >= 11 is 5.66. The van der Waals surface area contributed by atoms with Crippen LogP contribution in [0, 0.1) is 5.82 Å². The highest BCUT2D eigenvalue weighted by atomic mass is 35.5. The number of nitrogens with one attached hydrogen (secondary N) is 1. The summed E-state index contributed by atoms with van der Waals surface area (Å²) in [6, 6.07) is 3.14. The van der Waals surface area contributed by atoms with Gasteiger partial charge in [0, 0.05) is 11.6 Å². The fourth-order valence-electron chi connectivity index (χ4n) is 1.34. The summed E-state index contributed by atoms with van der Waals surface area (Å²) in [5.41, 5.74) is 1.60. The lowest BCUT2D eigenvalue weighted by Gasteiger charge is -2.00. The average Bonchev–Trinajstić information content (AvgIpc) is 2.34. The fourth-order valence-corrected chi connectivity index (χ4v) is 1.57. The maximum atomic E-state index is 13.0. The van der Waals surface area contributed by atoms with Gasteiger partial charge in [-0.1, -0.05) is 11.6 Å². The van der Waals surface area contributed by atoms with Gasteiger partial charge in [0.25, 0.3) is 0 Å². The minimum absolute atomic E-state index is 0.245. The van der Waals surface area contributed by atoms with Gasteiger partial charge in [0.2, 0.25) is 0 Å². The third-order valence-electron chi connectivity index (χ3n) is 1.83. The Hall–Kier alpha value is -0.760. The standard InChI is InChI=1S/C8H7ClFN/c9-6-3-5-1-2-11-8(5)7(10)4-6/h3-4,11H,1-2H2. The van der Waals surface area contributed by atoms with E-state index in [9.17, 15) is 4.39 Å². The fraction of sp³-hybridized carbons (Fsp3) is 0.250. The Kier molecular flexibility index (Phi) is 1.50. The molecule has 11 heavy (non-hydrogen) atoms. The minimum atomic E-state index is -0.245. The van der Waals surface area contributed by atoms with Crippen LogP contribution in [0.2, 0.25) is 5.02 Å². The normalized spacial score (nSPS) is 14.4. The van der Waals surface area contributed by atoms with E-state index in [0.29, 0.717) is 10.7 Å². The lowest BCUT2D eigenvalue weighted by atomic mass is 10.2. The largest absolute Gasteiger partial charge is 0.382 e. The molecule has 0 radical (unpaired) electrons. The second kappa shape index (κ2) is 2.38. The molecule has 1 aromatic carbocycles. The van der Waals surface area contributed by atoms with E-state index in [-0.39, 0.29) is 5.82 Å². The molecule has 1 aromatic rings. The van der Waals surface area contributed by atoms with Crippen molar-refractivity contribution >= 4 is 17.3 Å². The van der Waals surface area contributed by atoms with Gasteiger partial charge in [-0.2, -0.15) is 0 Å². The SMILES string of the molecule is Fc1cc(Cl)cc2c1NCC2. The van der Waals surface area contributed by atoms with Gasteiger partial charge in [0.15, 0.2) is 0 Å². The van der Waals surface area contributed by atoms with Crippen LogP contribution < -0.4 is 5.32 Å². The first kappa shape index (κ1) is 6.92. The van der Waals surface area contributed by atoms with Gasteiger partial charge in [0.1, 0.15) is 5.82 Å². The highest BCUT2D eigenvalue weighted by Crippen LogP contribution is 2.28. The molecular formula is C8H7ClFN. The summed E-state index contributed by atoms with van der Waals surface area (Å²) in [6.07, 6.45) is 0.868. The predicted octanol–water partition coefficient (Wildman–Crippen LogP) is 2.45. The van der Waals surface area contributed by atoms with Gasteiger partial charge in [-0.3, -0.25) is 0 Å². The van der Waals surface area contributed by atoms with Crippen molar-refractivity contribution < 1.29 is 4.39 Å². The zero-order chi connectivity index (χ0) is 7.84. The van der Waals surface area contributed by atoms with Crippen LogP contribution >= 0.6 is 11.6 Å². The lowest BCUT2D eigenvalue weighted by Crippen LogP contribution is -1.93. The highest BCUT2D eigenvalue weighted by Gasteiger charge is 2.14. The van der Waals surface area contributed by atoms with Gasteiger partial charge in [-0.25, -0.2) is 4.39 Å². The van der Waals surface area contributed by atoms with Crippen molar-refractivity contribution in [3.05, 3.63) is 28.5 Å². The molecule has 0 unspecified atom stereocenters. The molecule has 1 aliphatic heterocycles. The van der Waals surface area contributed by atoms with E-state index >= 15 is 0 Å². The van der Waals surface area contributed by atoms with Crippen LogP contribution in [0.15, 0.2) is 12.1 Å². The summed E-state index contributed by atoms with van der Waals surface area (Å²) in [5.74, 6) is -0.245. The quantitative estimate of drug-likeness (QED) is 0.632. The number of hydrogen-bond acceptors (Lipinski definition) is 1. The van der Waals surface area contributed by atoms with Crippen molar-refractivity contribution in [3.8, 4) is 0 Å². The first-order valence-electron chi connectivity index (χ1n) is 3.49. The third-order valence-corrected chi connectivity index (χ3v) is 2.05. The molecule has 0 atom stereocenters. The maximum Gasteiger partial charge on any atom is 0.148 e. The van der Waals surface area contributed by atoms with Crippen LogP contribution in [0.1, 0.15) is 5.56 Å². The molecule has 0 saturated carbocycles. The molecule has 0 aliphatic carbocycles. The van der Waals surface area contributed by atoms with Crippen LogP contribution in [0.3, 0.4) is 0 Å². The Bertz CT molecular complexity index is 298. The molecule has 1 aliphatic rings. The molecule has 1 heterocycles. The van der Waals surface area contributed by atoms with Crippen LogP contribution in [-0.2, 0) is 6.42 Å². The maximum absolute atomic E-state index is 13.0. The molecule has 0 bridgehead atoms. The molecule has 2 rings (SSSR count). The van der Waals surface area contributed by atoms with Gasteiger partial charge in [-0.15, -0.1) is 0 Å². The molecule has 0 amide bonds. The predicted molar refractivity (Wildman–Crippen MR) is 43.6 cm³/mol. The highest BCUT2D eigenvalue weighted by molar-refractivity contribution is 6.30. The van der Waals surface area contributed by atoms with E-state index in [2.05, 4.69) is 5.32 Å². The molecule has 58 valence electrons. The van der Waals surface area contributed by atoms with E-state index in [0.717, 1.165) is 18.5 Å². The molecule has 0 spiro atoms. The molecule has 1 N–H and O–H groups in total.